The van der Waals surface area contributed by atoms with E-state index >= 15 is 0 Å². The summed E-state index contributed by atoms with van der Waals surface area (Å²) < 4.78 is 0. The fraction of sp³-hybridized carbons (Fsp3) is 1.00. The molecule has 0 aliphatic carbocycles. The molecule has 0 amide bonds. The highest BCUT2D eigenvalue weighted by molar-refractivity contribution is 4.73. The van der Waals surface area contributed by atoms with Crippen molar-refractivity contribution in [3.63, 3.8) is 0 Å². The summed E-state index contributed by atoms with van der Waals surface area (Å²) in [5.74, 6) is 0.873. The van der Waals surface area contributed by atoms with Crippen LogP contribution in [0.3, 0.4) is 0 Å². The van der Waals surface area contributed by atoms with Gasteiger partial charge in [-0.05, 0) is 31.3 Å². The largest absolute Gasteiger partial charge is 0.319 e. The van der Waals surface area contributed by atoms with Crippen LogP contribution in [0.25, 0.3) is 0 Å². The second-order valence-corrected chi connectivity index (χ2v) is 4.79. The maximum Gasteiger partial charge on any atom is -0.0000387 e. The van der Waals surface area contributed by atoms with Gasteiger partial charge >= 0.3 is 0 Å². The molecule has 0 aliphatic rings. The lowest BCUT2D eigenvalue weighted by molar-refractivity contribution is 0.262. The number of nitrogens with one attached hydrogen (secondary N) is 1. The summed E-state index contributed by atoms with van der Waals surface area (Å²) in [6.07, 6.45) is 4.02. The molecule has 0 aromatic heterocycles. The zero-order valence-corrected chi connectivity index (χ0v) is 9.41. The molecule has 1 N–H and O–H groups in total. The molecule has 1 unspecified atom stereocenters. The van der Waals surface area contributed by atoms with E-state index in [-0.39, 0.29) is 0 Å². The van der Waals surface area contributed by atoms with Gasteiger partial charge in [-0.25, -0.2) is 0 Å². The molecule has 0 aliphatic heterocycles. The summed E-state index contributed by atoms with van der Waals surface area (Å²) in [5.41, 5.74) is 0.462. The summed E-state index contributed by atoms with van der Waals surface area (Å²) in [6, 6.07) is 0. The zero-order chi connectivity index (χ0) is 9.61. The number of rotatable bonds is 6. The minimum absolute atomic E-state index is 0.462. The molecular formula is C11H25N. The Labute approximate surface area is 77.9 Å². The molecule has 0 fully saturated rings. The lowest BCUT2D eigenvalue weighted by Gasteiger charge is -2.27. The number of hydrogen-bond donors (Lipinski definition) is 1. The molecule has 0 saturated heterocycles. The summed E-state index contributed by atoms with van der Waals surface area (Å²) in [6.45, 7) is 10.4. The quantitative estimate of drug-likeness (QED) is 0.647. The topological polar surface area (TPSA) is 12.0 Å². The Morgan fingerprint density at radius 1 is 1.33 bits per heavy atom. The van der Waals surface area contributed by atoms with Crippen LogP contribution in [0.15, 0.2) is 0 Å². The van der Waals surface area contributed by atoms with Crippen molar-refractivity contribution in [3.8, 4) is 0 Å². The summed E-state index contributed by atoms with van der Waals surface area (Å²) in [4.78, 5) is 0. The highest BCUT2D eigenvalue weighted by atomic mass is 14.8. The van der Waals surface area contributed by atoms with Crippen LogP contribution in [0.2, 0.25) is 0 Å². The van der Waals surface area contributed by atoms with E-state index in [1.807, 2.05) is 7.05 Å². The van der Waals surface area contributed by atoms with E-state index in [4.69, 9.17) is 0 Å². The molecule has 1 atom stereocenters. The van der Waals surface area contributed by atoms with Gasteiger partial charge in [0.2, 0.25) is 0 Å². The second-order valence-electron chi connectivity index (χ2n) is 4.79. The van der Waals surface area contributed by atoms with Crippen LogP contribution in [0.1, 0.15) is 47.0 Å². The van der Waals surface area contributed by atoms with Crippen molar-refractivity contribution in [2.24, 2.45) is 11.3 Å². The van der Waals surface area contributed by atoms with Crippen LogP contribution in [0, 0.1) is 11.3 Å². The third kappa shape index (κ3) is 5.59. The van der Waals surface area contributed by atoms with E-state index in [9.17, 15) is 0 Å². The van der Waals surface area contributed by atoms with E-state index in [0.717, 1.165) is 12.5 Å². The Morgan fingerprint density at radius 3 is 2.33 bits per heavy atom. The minimum Gasteiger partial charge on any atom is -0.319 e. The van der Waals surface area contributed by atoms with Gasteiger partial charge in [-0.2, -0.15) is 0 Å². The molecular weight excluding hydrogens is 146 g/mol. The van der Waals surface area contributed by atoms with Crippen molar-refractivity contribution in [1.82, 2.24) is 5.32 Å². The van der Waals surface area contributed by atoms with Gasteiger partial charge in [-0.3, -0.25) is 0 Å². The fourth-order valence-corrected chi connectivity index (χ4v) is 2.09. The van der Waals surface area contributed by atoms with Gasteiger partial charge < -0.3 is 5.32 Å². The summed E-state index contributed by atoms with van der Waals surface area (Å²) >= 11 is 0. The van der Waals surface area contributed by atoms with E-state index in [1.165, 1.54) is 19.3 Å². The second kappa shape index (κ2) is 5.58. The van der Waals surface area contributed by atoms with E-state index in [1.54, 1.807) is 0 Å². The summed E-state index contributed by atoms with van der Waals surface area (Å²) in [5, 5.41) is 3.26. The van der Waals surface area contributed by atoms with Gasteiger partial charge in [0, 0.05) is 0 Å². The molecule has 1 heteroatoms. The lowest BCUT2D eigenvalue weighted by Crippen LogP contribution is -2.28. The van der Waals surface area contributed by atoms with Crippen LogP contribution in [-0.2, 0) is 0 Å². The van der Waals surface area contributed by atoms with Gasteiger partial charge in [-0.15, -0.1) is 0 Å². The van der Waals surface area contributed by atoms with Crippen LogP contribution in [-0.4, -0.2) is 13.6 Å². The molecule has 0 aromatic rings. The Kier molecular flexibility index (Phi) is 5.56. The van der Waals surface area contributed by atoms with Crippen LogP contribution >= 0.6 is 0 Å². The Bertz CT molecular complexity index is 108. The molecule has 0 saturated carbocycles. The minimum atomic E-state index is 0.462. The van der Waals surface area contributed by atoms with Gasteiger partial charge in [0.1, 0.15) is 0 Å². The van der Waals surface area contributed by atoms with Gasteiger partial charge in [0.25, 0.3) is 0 Å². The fourth-order valence-electron chi connectivity index (χ4n) is 2.09. The number of hydrogen-bond acceptors (Lipinski definition) is 1. The highest BCUT2D eigenvalue weighted by Gasteiger charge is 2.19. The van der Waals surface area contributed by atoms with E-state index in [0.29, 0.717) is 5.41 Å². The van der Waals surface area contributed by atoms with E-state index in [2.05, 4.69) is 33.0 Å². The van der Waals surface area contributed by atoms with Crippen molar-refractivity contribution in [1.29, 1.82) is 0 Å². The Balaban J connectivity index is 3.70. The van der Waals surface area contributed by atoms with Crippen molar-refractivity contribution in [2.75, 3.05) is 13.6 Å². The first-order valence-electron chi connectivity index (χ1n) is 5.16. The normalized spacial score (nSPS) is 14.8. The Hall–Kier alpha value is -0.0400. The van der Waals surface area contributed by atoms with Crippen LogP contribution in [0.4, 0.5) is 0 Å². The van der Waals surface area contributed by atoms with Gasteiger partial charge in [-0.1, -0.05) is 40.5 Å². The standard InChI is InChI=1S/C11H25N/c1-6-7-10(2)8-11(3,4)9-12-5/h10,12H,6-9H2,1-5H3. The molecule has 0 bridgehead atoms. The molecule has 0 radical (unpaired) electrons. The first-order valence-corrected chi connectivity index (χ1v) is 5.16. The predicted molar refractivity (Wildman–Crippen MR) is 56.4 cm³/mol. The molecule has 74 valence electrons. The molecule has 0 heterocycles. The third-order valence-electron chi connectivity index (χ3n) is 2.34. The molecule has 1 nitrogen and oxygen atoms in total. The smallest absolute Gasteiger partial charge is 0.0000387 e. The van der Waals surface area contributed by atoms with Crippen molar-refractivity contribution in [2.45, 2.75) is 47.0 Å². The maximum atomic E-state index is 3.26. The molecule has 0 aromatic carbocycles. The molecule has 12 heavy (non-hydrogen) atoms. The average Bonchev–Trinajstić information content (AvgIpc) is 1.85. The van der Waals surface area contributed by atoms with Crippen molar-refractivity contribution >= 4 is 0 Å². The van der Waals surface area contributed by atoms with Crippen molar-refractivity contribution in [3.05, 3.63) is 0 Å². The van der Waals surface area contributed by atoms with Crippen LogP contribution in [0.5, 0.6) is 0 Å². The first kappa shape index (κ1) is 12.0. The van der Waals surface area contributed by atoms with E-state index < -0.39 is 0 Å². The first-order chi connectivity index (χ1) is 5.52. The third-order valence-corrected chi connectivity index (χ3v) is 2.34. The maximum absolute atomic E-state index is 3.26. The molecule has 0 rings (SSSR count). The molecule has 0 spiro atoms. The average molecular weight is 171 g/mol. The predicted octanol–water partition coefficient (Wildman–Crippen LogP) is 3.06. The zero-order valence-electron chi connectivity index (χ0n) is 9.41. The Morgan fingerprint density at radius 2 is 1.92 bits per heavy atom. The highest BCUT2D eigenvalue weighted by Crippen LogP contribution is 2.26. The van der Waals surface area contributed by atoms with Crippen LogP contribution < -0.4 is 5.32 Å². The SMILES string of the molecule is CCCC(C)CC(C)(C)CNC. The van der Waals surface area contributed by atoms with Crippen molar-refractivity contribution < 1.29 is 0 Å². The van der Waals surface area contributed by atoms with Gasteiger partial charge in [0.05, 0.1) is 0 Å². The van der Waals surface area contributed by atoms with Gasteiger partial charge in [0.15, 0.2) is 0 Å². The monoisotopic (exact) mass is 171 g/mol. The summed E-state index contributed by atoms with van der Waals surface area (Å²) in [7, 11) is 2.03. The lowest BCUT2D eigenvalue weighted by atomic mass is 9.82.